The van der Waals surface area contributed by atoms with Gasteiger partial charge >= 0.3 is 0 Å². The second kappa shape index (κ2) is 5.08. The van der Waals surface area contributed by atoms with Gasteiger partial charge < -0.3 is 5.32 Å². The maximum absolute atomic E-state index is 13.1. The Balaban J connectivity index is 2.83. The summed E-state index contributed by atoms with van der Waals surface area (Å²) in [4.78, 5) is 11.4. The number of hydrogen-bond acceptors (Lipinski definition) is 2. The molecule has 0 amide bonds. The van der Waals surface area contributed by atoms with Crippen LogP contribution in [0.4, 0.5) is 4.39 Å². The van der Waals surface area contributed by atoms with Gasteiger partial charge in [-0.3, -0.25) is 4.79 Å². The molecule has 0 heterocycles. The van der Waals surface area contributed by atoms with Gasteiger partial charge in [0.2, 0.25) is 0 Å². The van der Waals surface area contributed by atoms with Gasteiger partial charge in [-0.15, -0.1) is 0 Å². The summed E-state index contributed by atoms with van der Waals surface area (Å²) in [6.45, 7) is 2.68. The van der Waals surface area contributed by atoms with Crippen LogP contribution in [0.1, 0.15) is 17.3 Å². The molecule has 0 spiro atoms. The second-order valence-corrected chi connectivity index (χ2v) is 3.26. The van der Waals surface area contributed by atoms with Crippen molar-refractivity contribution in [3.63, 3.8) is 0 Å². The standard InChI is InChI=1S/C10H11ClFNO/c1-2-13-6-10(14)8-5-7(11)3-4-9(8)12/h3-5,13H,2,6H2,1H3. The smallest absolute Gasteiger partial charge is 0.179 e. The summed E-state index contributed by atoms with van der Waals surface area (Å²) >= 11 is 5.66. The number of carbonyl (C=O) groups excluding carboxylic acids is 1. The number of nitrogens with one attached hydrogen (secondary N) is 1. The first-order valence-corrected chi connectivity index (χ1v) is 4.72. The van der Waals surface area contributed by atoms with Crippen molar-refractivity contribution in [3.05, 3.63) is 34.6 Å². The highest BCUT2D eigenvalue weighted by atomic mass is 35.5. The zero-order chi connectivity index (χ0) is 10.6. The highest BCUT2D eigenvalue weighted by Gasteiger charge is 2.11. The maximum Gasteiger partial charge on any atom is 0.179 e. The fraction of sp³-hybridized carbons (Fsp3) is 0.300. The molecule has 1 N–H and O–H groups in total. The molecule has 0 aromatic heterocycles. The Morgan fingerprint density at radius 2 is 2.29 bits per heavy atom. The van der Waals surface area contributed by atoms with E-state index in [1.165, 1.54) is 18.2 Å². The van der Waals surface area contributed by atoms with Crippen molar-refractivity contribution in [2.45, 2.75) is 6.92 Å². The molecule has 0 aliphatic heterocycles. The molecule has 0 saturated heterocycles. The van der Waals surface area contributed by atoms with Crippen LogP contribution in [0.15, 0.2) is 18.2 Å². The zero-order valence-corrected chi connectivity index (χ0v) is 8.57. The van der Waals surface area contributed by atoms with Gasteiger partial charge in [0.25, 0.3) is 0 Å². The highest BCUT2D eigenvalue weighted by Crippen LogP contribution is 2.14. The molecule has 0 aliphatic rings. The summed E-state index contributed by atoms with van der Waals surface area (Å²) in [5.74, 6) is -0.816. The predicted octanol–water partition coefficient (Wildman–Crippen LogP) is 2.27. The second-order valence-electron chi connectivity index (χ2n) is 2.83. The molecular formula is C10H11ClFNO. The van der Waals surface area contributed by atoms with Crippen LogP contribution in [0, 0.1) is 5.82 Å². The molecule has 0 unspecified atom stereocenters. The summed E-state index contributed by atoms with van der Waals surface area (Å²) in [5, 5.41) is 3.20. The molecule has 1 aromatic carbocycles. The first-order valence-electron chi connectivity index (χ1n) is 4.34. The lowest BCUT2D eigenvalue weighted by Gasteiger charge is -2.03. The average Bonchev–Trinajstić information content (AvgIpc) is 2.18. The quantitative estimate of drug-likeness (QED) is 0.781. The van der Waals surface area contributed by atoms with Gasteiger partial charge in [0.05, 0.1) is 12.1 Å². The number of hydrogen-bond donors (Lipinski definition) is 1. The van der Waals surface area contributed by atoms with Crippen LogP contribution in [-0.4, -0.2) is 18.9 Å². The minimum atomic E-state index is -0.530. The molecule has 0 radical (unpaired) electrons. The molecule has 2 nitrogen and oxygen atoms in total. The van der Waals surface area contributed by atoms with Crippen LogP contribution in [0.25, 0.3) is 0 Å². The third kappa shape index (κ3) is 2.79. The number of Topliss-reactive ketones (excluding diaryl/α,β-unsaturated/α-hetero) is 1. The van der Waals surface area contributed by atoms with Crippen LogP contribution >= 0.6 is 11.6 Å². The summed E-state index contributed by atoms with van der Waals surface area (Å²) in [6, 6.07) is 3.96. The molecule has 0 bridgehead atoms. The Bertz CT molecular complexity index is 341. The van der Waals surface area contributed by atoms with E-state index in [4.69, 9.17) is 11.6 Å². The number of likely N-dealkylation sites (N-methyl/N-ethyl adjacent to an activating group) is 1. The molecule has 0 atom stereocenters. The lowest BCUT2D eigenvalue weighted by atomic mass is 10.1. The van der Waals surface area contributed by atoms with Crippen LogP contribution in [0.3, 0.4) is 0 Å². The van der Waals surface area contributed by atoms with E-state index < -0.39 is 5.82 Å². The van der Waals surface area contributed by atoms with E-state index >= 15 is 0 Å². The van der Waals surface area contributed by atoms with Crippen molar-refractivity contribution in [1.29, 1.82) is 0 Å². The van der Waals surface area contributed by atoms with Gasteiger partial charge in [0, 0.05) is 5.02 Å². The van der Waals surface area contributed by atoms with Crippen molar-refractivity contribution in [2.75, 3.05) is 13.1 Å². The Morgan fingerprint density at radius 1 is 1.57 bits per heavy atom. The first-order chi connectivity index (χ1) is 6.65. The fourth-order valence-corrected chi connectivity index (χ4v) is 1.22. The van der Waals surface area contributed by atoms with Crippen molar-refractivity contribution < 1.29 is 9.18 Å². The SMILES string of the molecule is CCNCC(=O)c1cc(Cl)ccc1F. The predicted molar refractivity (Wildman–Crippen MR) is 54.3 cm³/mol. The largest absolute Gasteiger partial charge is 0.310 e. The van der Waals surface area contributed by atoms with Gasteiger partial charge in [-0.05, 0) is 24.7 Å². The van der Waals surface area contributed by atoms with Crippen molar-refractivity contribution >= 4 is 17.4 Å². The zero-order valence-electron chi connectivity index (χ0n) is 7.81. The molecule has 76 valence electrons. The van der Waals surface area contributed by atoms with Gasteiger partial charge in [0.15, 0.2) is 5.78 Å². The normalized spacial score (nSPS) is 10.2. The summed E-state index contributed by atoms with van der Waals surface area (Å²) < 4.78 is 13.1. The van der Waals surface area contributed by atoms with Gasteiger partial charge in [-0.1, -0.05) is 18.5 Å². The van der Waals surface area contributed by atoms with Crippen molar-refractivity contribution in [3.8, 4) is 0 Å². The lowest BCUT2D eigenvalue weighted by molar-refractivity contribution is 0.0988. The fourth-order valence-electron chi connectivity index (χ4n) is 1.04. The van der Waals surface area contributed by atoms with Gasteiger partial charge in [0.1, 0.15) is 5.82 Å². The number of halogens is 2. The van der Waals surface area contributed by atoms with Gasteiger partial charge in [-0.2, -0.15) is 0 Å². The molecular weight excluding hydrogens is 205 g/mol. The lowest BCUT2D eigenvalue weighted by Crippen LogP contribution is -2.23. The van der Waals surface area contributed by atoms with Crippen LogP contribution in [0.5, 0.6) is 0 Å². The summed E-state index contributed by atoms with van der Waals surface area (Å²) in [5.41, 5.74) is 0.0402. The van der Waals surface area contributed by atoms with Gasteiger partial charge in [-0.25, -0.2) is 4.39 Å². The maximum atomic E-state index is 13.1. The minimum Gasteiger partial charge on any atom is -0.310 e. The van der Waals surface area contributed by atoms with E-state index in [0.29, 0.717) is 11.6 Å². The highest BCUT2D eigenvalue weighted by molar-refractivity contribution is 6.31. The van der Waals surface area contributed by atoms with E-state index in [1.54, 1.807) is 0 Å². The Morgan fingerprint density at radius 3 is 2.93 bits per heavy atom. The number of rotatable bonds is 4. The Kier molecular flexibility index (Phi) is 4.04. The molecule has 1 aromatic rings. The van der Waals surface area contributed by atoms with Crippen molar-refractivity contribution in [1.82, 2.24) is 5.32 Å². The summed E-state index contributed by atoms with van der Waals surface area (Å²) in [7, 11) is 0. The average molecular weight is 216 g/mol. The number of benzene rings is 1. The molecule has 0 saturated carbocycles. The molecule has 0 fully saturated rings. The molecule has 14 heavy (non-hydrogen) atoms. The topological polar surface area (TPSA) is 29.1 Å². The third-order valence-corrected chi connectivity index (χ3v) is 2.00. The van der Waals surface area contributed by atoms with Crippen LogP contribution in [0.2, 0.25) is 5.02 Å². The number of carbonyl (C=O) groups is 1. The first kappa shape index (κ1) is 11.1. The van der Waals surface area contributed by atoms with E-state index in [-0.39, 0.29) is 17.9 Å². The van der Waals surface area contributed by atoms with E-state index in [2.05, 4.69) is 5.32 Å². The number of ketones is 1. The molecule has 4 heteroatoms. The third-order valence-electron chi connectivity index (χ3n) is 1.76. The monoisotopic (exact) mass is 215 g/mol. The Labute approximate surface area is 87.1 Å². The molecule has 0 aliphatic carbocycles. The van der Waals surface area contributed by atoms with E-state index in [9.17, 15) is 9.18 Å². The van der Waals surface area contributed by atoms with E-state index in [1.807, 2.05) is 6.92 Å². The molecule has 1 rings (SSSR count). The minimum absolute atomic E-state index is 0.0402. The summed E-state index contributed by atoms with van der Waals surface area (Å²) in [6.07, 6.45) is 0. The van der Waals surface area contributed by atoms with E-state index in [0.717, 1.165) is 0 Å². The van der Waals surface area contributed by atoms with Crippen molar-refractivity contribution in [2.24, 2.45) is 0 Å². The Hall–Kier alpha value is -0.930. The van der Waals surface area contributed by atoms with Crippen LogP contribution < -0.4 is 5.32 Å². The van der Waals surface area contributed by atoms with Crippen LogP contribution in [-0.2, 0) is 0 Å².